The average molecular weight is 263 g/mol. The van der Waals surface area contributed by atoms with E-state index in [1.54, 1.807) is 0 Å². The molecule has 1 rings (SSSR count). The maximum absolute atomic E-state index is 11.3. The number of benzene rings is 1. The molecule has 0 heterocycles. The standard InChI is InChI=1S/C14H21N3O2/c1-2-17(11-12-7-4-3-5-8-12)10-6-9-13(18)16-14(15)19/h3-5,7-8H,2,6,9-11H2,1H3,(H3,15,16,18,19). The minimum absolute atomic E-state index is 0.314. The second-order valence-corrected chi connectivity index (χ2v) is 4.37. The van der Waals surface area contributed by atoms with Gasteiger partial charge >= 0.3 is 6.03 Å². The van der Waals surface area contributed by atoms with Crippen LogP contribution in [0.4, 0.5) is 4.79 Å². The predicted octanol–water partition coefficient (Wildman–Crippen LogP) is 1.48. The molecule has 1 aromatic rings. The molecule has 3 N–H and O–H groups in total. The van der Waals surface area contributed by atoms with Gasteiger partial charge in [-0.15, -0.1) is 0 Å². The van der Waals surface area contributed by atoms with Gasteiger partial charge in [0.2, 0.25) is 5.91 Å². The van der Waals surface area contributed by atoms with Gasteiger partial charge in [-0.25, -0.2) is 4.79 Å². The molecule has 5 heteroatoms. The molecule has 0 fully saturated rings. The number of primary amides is 1. The van der Waals surface area contributed by atoms with Gasteiger partial charge in [0.1, 0.15) is 0 Å². The van der Waals surface area contributed by atoms with E-state index in [9.17, 15) is 9.59 Å². The van der Waals surface area contributed by atoms with Crippen LogP contribution >= 0.6 is 0 Å². The van der Waals surface area contributed by atoms with Crippen LogP contribution in [-0.4, -0.2) is 29.9 Å². The Morgan fingerprint density at radius 1 is 1.26 bits per heavy atom. The van der Waals surface area contributed by atoms with Gasteiger partial charge in [0, 0.05) is 13.0 Å². The van der Waals surface area contributed by atoms with Crippen LogP contribution < -0.4 is 11.1 Å². The average Bonchev–Trinajstić information content (AvgIpc) is 2.38. The third-order valence-corrected chi connectivity index (χ3v) is 2.84. The first-order chi connectivity index (χ1) is 9.11. The first kappa shape index (κ1) is 15.2. The third kappa shape index (κ3) is 6.57. The topological polar surface area (TPSA) is 75.4 Å². The summed E-state index contributed by atoms with van der Waals surface area (Å²) in [4.78, 5) is 24.0. The fraction of sp³-hybridized carbons (Fsp3) is 0.429. The highest BCUT2D eigenvalue weighted by Crippen LogP contribution is 2.05. The molecule has 5 nitrogen and oxygen atoms in total. The number of hydrogen-bond acceptors (Lipinski definition) is 3. The molecular formula is C14H21N3O2. The Balaban J connectivity index is 2.29. The van der Waals surface area contributed by atoms with E-state index in [0.29, 0.717) is 12.8 Å². The molecule has 1 aromatic carbocycles. The van der Waals surface area contributed by atoms with E-state index in [4.69, 9.17) is 5.73 Å². The molecule has 0 saturated heterocycles. The quantitative estimate of drug-likeness (QED) is 0.782. The van der Waals surface area contributed by atoms with Gasteiger partial charge in [0.25, 0.3) is 0 Å². The highest BCUT2D eigenvalue weighted by molar-refractivity contribution is 5.93. The molecule has 19 heavy (non-hydrogen) atoms. The third-order valence-electron chi connectivity index (χ3n) is 2.84. The largest absolute Gasteiger partial charge is 0.351 e. The zero-order valence-corrected chi connectivity index (χ0v) is 11.3. The van der Waals surface area contributed by atoms with Crippen molar-refractivity contribution in [3.8, 4) is 0 Å². The summed E-state index contributed by atoms with van der Waals surface area (Å²) < 4.78 is 0. The zero-order chi connectivity index (χ0) is 14.1. The van der Waals surface area contributed by atoms with E-state index >= 15 is 0 Å². The summed E-state index contributed by atoms with van der Waals surface area (Å²) in [5.74, 6) is -0.316. The van der Waals surface area contributed by atoms with Crippen molar-refractivity contribution in [3.05, 3.63) is 35.9 Å². The van der Waals surface area contributed by atoms with E-state index < -0.39 is 6.03 Å². The minimum Gasteiger partial charge on any atom is -0.351 e. The van der Waals surface area contributed by atoms with Gasteiger partial charge in [-0.3, -0.25) is 15.0 Å². The Hall–Kier alpha value is -1.88. The van der Waals surface area contributed by atoms with Crippen molar-refractivity contribution < 1.29 is 9.59 Å². The Labute approximate surface area is 113 Å². The van der Waals surface area contributed by atoms with Gasteiger partial charge < -0.3 is 5.73 Å². The van der Waals surface area contributed by atoms with E-state index in [1.165, 1.54) is 5.56 Å². The number of rotatable bonds is 7. The van der Waals surface area contributed by atoms with Crippen LogP contribution in [0.1, 0.15) is 25.3 Å². The molecule has 0 aliphatic rings. The normalized spacial score (nSPS) is 10.4. The van der Waals surface area contributed by atoms with Crippen LogP contribution in [-0.2, 0) is 11.3 Å². The molecule has 0 bridgehead atoms. The van der Waals surface area contributed by atoms with Crippen molar-refractivity contribution in [3.63, 3.8) is 0 Å². The molecule has 0 radical (unpaired) electrons. The molecular weight excluding hydrogens is 242 g/mol. The van der Waals surface area contributed by atoms with Crippen LogP contribution in [0.15, 0.2) is 30.3 Å². The number of carbonyl (C=O) groups excluding carboxylic acids is 2. The minimum atomic E-state index is -0.790. The van der Waals surface area contributed by atoms with E-state index in [0.717, 1.165) is 19.6 Å². The number of carbonyl (C=O) groups is 2. The number of amides is 3. The Kier molecular flexibility index (Phi) is 6.60. The predicted molar refractivity (Wildman–Crippen MR) is 74.4 cm³/mol. The summed E-state index contributed by atoms with van der Waals surface area (Å²) in [6, 6.07) is 9.41. The fourth-order valence-electron chi connectivity index (χ4n) is 1.85. The van der Waals surface area contributed by atoms with Crippen molar-refractivity contribution in [1.82, 2.24) is 10.2 Å². The number of nitrogens with two attached hydrogens (primary N) is 1. The maximum Gasteiger partial charge on any atom is 0.318 e. The van der Waals surface area contributed by atoms with Gasteiger partial charge in [-0.1, -0.05) is 37.3 Å². The lowest BCUT2D eigenvalue weighted by Crippen LogP contribution is -2.35. The highest BCUT2D eigenvalue weighted by Gasteiger charge is 2.07. The van der Waals surface area contributed by atoms with Crippen molar-refractivity contribution in [2.45, 2.75) is 26.3 Å². The van der Waals surface area contributed by atoms with Crippen molar-refractivity contribution in [1.29, 1.82) is 0 Å². The molecule has 3 amide bonds. The molecule has 0 unspecified atom stereocenters. The Morgan fingerprint density at radius 3 is 2.53 bits per heavy atom. The summed E-state index contributed by atoms with van der Waals surface area (Å²) in [5.41, 5.74) is 6.13. The van der Waals surface area contributed by atoms with Crippen LogP contribution in [0, 0.1) is 0 Å². The second-order valence-electron chi connectivity index (χ2n) is 4.37. The van der Waals surface area contributed by atoms with Crippen molar-refractivity contribution in [2.24, 2.45) is 5.73 Å². The lowest BCUT2D eigenvalue weighted by Gasteiger charge is -2.20. The van der Waals surface area contributed by atoms with Gasteiger partial charge in [-0.2, -0.15) is 0 Å². The summed E-state index contributed by atoms with van der Waals surface area (Å²) in [6.07, 6.45) is 1.02. The van der Waals surface area contributed by atoms with Crippen LogP contribution in [0.3, 0.4) is 0 Å². The molecule has 0 atom stereocenters. The van der Waals surface area contributed by atoms with Gasteiger partial charge in [-0.05, 0) is 25.1 Å². The van der Waals surface area contributed by atoms with E-state index in [-0.39, 0.29) is 5.91 Å². The van der Waals surface area contributed by atoms with Crippen molar-refractivity contribution >= 4 is 11.9 Å². The second kappa shape index (κ2) is 8.26. The molecule has 0 aliphatic heterocycles. The molecule has 0 aliphatic carbocycles. The lowest BCUT2D eigenvalue weighted by molar-refractivity contribution is -0.120. The van der Waals surface area contributed by atoms with Crippen molar-refractivity contribution in [2.75, 3.05) is 13.1 Å². The van der Waals surface area contributed by atoms with E-state index in [1.807, 2.05) is 18.2 Å². The lowest BCUT2D eigenvalue weighted by atomic mass is 10.2. The number of nitrogens with one attached hydrogen (secondary N) is 1. The van der Waals surface area contributed by atoms with Gasteiger partial charge in [0.05, 0.1) is 0 Å². The molecule has 104 valence electrons. The summed E-state index contributed by atoms with van der Waals surface area (Å²) >= 11 is 0. The number of urea groups is 1. The van der Waals surface area contributed by atoms with Crippen LogP contribution in [0.5, 0.6) is 0 Å². The van der Waals surface area contributed by atoms with Crippen LogP contribution in [0.2, 0.25) is 0 Å². The Bertz CT molecular complexity index is 406. The van der Waals surface area contributed by atoms with E-state index in [2.05, 4.69) is 29.3 Å². The summed E-state index contributed by atoms with van der Waals surface area (Å²) in [5, 5.41) is 2.07. The Morgan fingerprint density at radius 2 is 1.95 bits per heavy atom. The fourth-order valence-corrected chi connectivity index (χ4v) is 1.85. The number of nitrogens with zero attached hydrogens (tertiary/aromatic N) is 1. The molecule has 0 saturated carbocycles. The first-order valence-electron chi connectivity index (χ1n) is 6.47. The zero-order valence-electron chi connectivity index (χ0n) is 11.3. The smallest absolute Gasteiger partial charge is 0.318 e. The summed E-state index contributed by atoms with van der Waals surface area (Å²) in [7, 11) is 0. The monoisotopic (exact) mass is 263 g/mol. The SMILES string of the molecule is CCN(CCCC(=O)NC(N)=O)Cc1ccccc1. The molecule has 0 spiro atoms. The van der Waals surface area contributed by atoms with Gasteiger partial charge in [0.15, 0.2) is 0 Å². The molecule has 0 aromatic heterocycles. The summed E-state index contributed by atoms with van der Waals surface area (Å²) in [6.45, 7) is 4.70. The van der Waals surface area contributed by atoms with Crippen LogP contribution in [0.25, 0.3) is 0 Å². The highest BCUT2D eigenvalue weighted by atomic mass is 16.2. The maximum atomic E-state index is 11.3. The first-order valence-corrected chi connectivity index (χ1v) is 6.47. The number of hydrogen-bond donors (Lipinski definition) is 2. The number of imide groups is 1.